The van der Waals surface area contributed by atoms with Crippen LogP contribution in [0.15, 0.2) is 17.0 Å². The third kappa shape index (κ3) is 2.97. The van der Waals surface area contributed by atoms with Crippen LogP contribution in [0.5, 0.6) is 0 Å². The fourth-order valence-electron chi connectivity index (χ4n) is 1.17. The molecule has 0 atom stereocenters. The van der Waals surface area contributed by atoms with Crippen LogP contribution in [0.2, 0.25) is 0 Å². The van der Waals surface area contributed by atoms with Crippen LogP contribution in [0.1, 0.15) is 13.8 Å². The molecule has 1 aromatic rings. The highest BCUT2D eigenvalue weighted by atomic mass is 32.2. The SMILES string of the molecule is C#CC(C)(C)NS(=O)(=O)c1cc(N)c(F)cc1F. The van der Waals surface area contributed by atoms with Crippen LogP contribution in [0.4, 0.5) is 14.5 Å². The van der Waals surface area contributed by atoms with Crippen molar-refractivity contribution in [3.63, 3.8) is 0 Å². The molecule has 0 spiro atoms. The molecule has 0 aliphatic heterocycles. The van der Waals surface area contributed by atoms with Crippen LogP contribution in [0, 0.1) is 24.0 Å². The van der Waals surface area contributed by atoms with Gasteiger partial charge >= 0.3 is 0 Å². The van der Waals surface area contributed by atoms with Crippen molar-refractivity contribution in [3.8, 4) is 12.3 Å². The molecule has 1 aromatic carbocycles. The number of nitrogens with two attached hydrogens (primary N) is 1. The molecule has 0 fully saturated rings. The lowest BCUT2D eigenvalue weighted by Crippen LogP contribution is -2.42. The number of hydrogen-bond donors (Lipinski definition) is 2. The van der Waals surface area contributed by atoms with Gasteiger partial charge in [-0.3, -0.25) is 0 Å². The Morgan fingerprint density at radius 2 is 1.89 bits per heavy atom. The van der Waals surface area contributed by atoms with Crippen molar-refractivity contribution in [1.29, 1.82) is 0 Å². The van der Waals surface area contributed by atoms with E-state index in [0.29, 0.717) is 12.1 Å². The highest BCUT2D eigenvalue weighted by Crippen LogP contribution is 2.22. The van der Waals surface area contributed by atoms with Gasteiger partial charge in [0.1, 0.15) is 16.5 Å². The molecule has 0 bridgehead atoms. The number of sulfonamides is 1. The van der Waals surface area contributed by atoms with E-state index < -0.39 is 37.8 Å². The first kappa shape index (κ1) is 14.4. The van der Waals surface area contributed by atoms with Crippen LogP contribution in [-0.2, 0) is 10.0 Å². The smallest absolute Gasteiger partial charge is 0.244 e. The van der Waals surface area contributed by atoms with E-state index in [4.69, 9.17) is 12.2 Å². The van der Waals surface area contributed by atoms with Gasteiger partial charge in [-0.1, -0.05) is 5.92 Å². The standard InChI is InChI=1S/C11H12F2N2O2S/c1-4-11(2,3)15-18(16,17)10-6-9(14)7(12)5-8(10)13/h1,5-6,15H,14H2,2-3H3. The van der Waals surface area contributed by atoms with Gasteiger partial charge in [-0.15, -0.1) is 6.42 Å². The Morgan fingerprint density at radius 1 is 1.33 bits per heavy atom. The van der Waals surface area contributed by atoms with Gasteiger partial charge in [-0.25, -0.2) is 17.2 Å². The quantitative estimate of drug-likeness (QED) is 0.643. The molecule has 1 rings (SSSR count). The maximum absolute atomic E-state index is 13.4. The lowest BCUT2D eigenvalue weighted by atomic mass is 10.1. The monoisotopic (exact) mass is 274 g/mol. The zero-order chi connectivity index (χ0) is 14.1. The predicted octanol–water partition coefficient (Wildman–Crippen LogP) is 1.24. The zero-order valence-corrected chi connectivity index (χ0v) is 10.6. The Morgan fingerprint density at radius 3 is 2.39 bits per heavy atom. The third-order valence-corrected chi connectivity index (χ3v) is 3.76. The van der Waals surface area contributed by atoms with Crippen molar-refractivity contribution >= 4 is 15.7 Å². The summed E-state index contributed by atoms with van der Waals surface area (Å²) in [5, 5.41) is 0. The fraction of sp³-hybridized carbons (Fsp3) is 0.273. The summed E-state index contributed by atoms with van der Waals surface area (Å²) in [5.74, 6) is -0.0650. The normalized spacial score (nSPS) is 12.2. The van der Waals surface area contributed by atoms with E-state index in [1.807, 2.05) is 0 Å². The van der Waals surface area contributed by atoms with Gasteiger partial charge in [0.25, 0.3) is 0 Å². The first-order valence-electron chi connectivity index (χ1n) is 4.85. The molecule has 0 aliphatic rings. The lowest BCUT2D eigenvalue weighted by Gasteiger charge is -2.19. The van der Waals surface area contributed by atoms with Gasteiger partial charge in [-0.05, 0) is 19.9 Å². The summed E-state index contributed by atoms with van der Waals surface area (Å²) >= 11 is 0. The van der Waals surface area contributed by atoms with Crippen LogP contribution >= 0.6 is 0 Å². The van der Waals surface area contributed by atoms with Crippen molar-refractivity contribution in [2.45, 2.75) is 24.3 Å². The van der Waals surface area contributed by atoms with Gasteiger partial charge in [0.05, 0.1) is 11.2 Å². The van der Waals surface area contributed by atoms with Gasteiger partial charge in [0, 0.05) is 6.07 Å². The van der Waals surface area contributed by atoms with Crippen LogP contribution in [-0.4, -0.2) is 14.0 Å². The first-order valence-corrected chi connectivity index (χ1v) is 6.33. The average Bonchev–Trinajstić information content (AvgIpc) is 2.21. The van der Waals surface area contributed by atoms with Crippen LogP contribution < -0.4 is 10.5 Å². The maximum Gasteiger partial charge on any atom is 0.244 e. The first-order chi connectivity index (χ1) is 8.09. The molecule has 0 heterocycles. The molecular formula is C11H12F2N2O2S. The molecule has 4 nitrogen and oxygen atoms in total. The van der Waals surface area contributed by atoms with Crippen molar-refractivity contribution < 1.29 is 17.2 Å². The second kappa shape index (κ2) is 4.55. The highest BCUT2D eigenvalue weighted by Gasteiger charge is 2.27. The predicted molar refractivity (Wildman–Crippen MR) is 64.0 cm³/mol. The van der Waals surface area contributed by atoms with E-state index in [-0.39, 0.29) is 0 Å². The van der Waals surface area contributed by atoms with Crippen LogP contribution in [0.25, 0.3) is 0 Å². The second-order valence-electron chi connectivity index (χ2n) is 4.18. The van der Waals surface area contributed by atoms with Gasteiger partial charge in [0.15, 0.2) is 0 Å². The molecule has 0 radical (unpaired) electrons. The van der Waals surface area contributed by atoms with Crippen LogP contribution in [0.3, 0.4) is 0 Å². The Bertz CT molecular complexity index is 619. The Kier molecular flexibility index (Phi) is 3.64. The molecule has 0 saturated carbocycles. The van der Waals surface area contributed by atoms with Gasteiger partial charge < -0.3 is 5.73 Å². The molecule has 98 valence electrons. The minimum Gasteiger partial charge on any atom is -0.396 e. The van der Waals surface area contributed by atoms with Crippen molar-refractivity contribution in [1.82, 2.24) is 4.72 Å². The Labute approximate surface area is 104 Å². The average molecular weight is 274 g/mol. The second-order valence-corrected chi connectivity index (χ2v) is 5.83. The summed E-state index contributed by atoms with van der Waals surface area (Å²) in [5.41, 5.74) is 3.55. The number of halogens is 2. The van der Waals surface area contributed by atoms with E-state index in [2.05, 4.69) is 10.6 Å². The number of terminal acetylenes is 1. The molecular weight excluding hydrogens is 262 g/mol. The number of rotatable bonds is 3. The fourth-order valence-corrected chi connectivity index (χ4v) is 2.61. The van der Waals surface area contributed by atoms with Crippen molar-refractivity contribution in [3.05, 3.63) is 23.8 Å². The summed E-state index contributed by atoms with van der Waals surface area (Å²) in [7, 11) is -4.21. The lowest BCUT2D eigenvalue weighted by molar-refractivity contribution is 0.522. The number of nitrogen functional groups attached to an aromatic ring is 1. The Hall–Kier alpha value is -1.65. The molecule has 7 heteroatoms. The Balaban J connectivity index is 3.31. The molecule has 0 aliphatic carbocycles. The molecule has 3 N–H and O–H groups in total. The van der Waals surface area contributed by atoms with Crippen molar-refractivity contribution in [2.24, 2.45) is 0 Å². The number of nitrogens with one attached hydrogen (secondary N) is 1. The largest absolute Gasteiger partial charge is 0.396 e. The number of benzene rings is 1. The molecule has 0 saturated heterocycles. The molecule has 0 unspecified atom stereocenters. The highest BCUT2D eigenvalue weighted by molar-refractivity contribution is 7.89. The molecule has 0 amide bonds. The third-order valence-electron chi connectivity index (χ3n) is 2.09. The van der Waals surface area contributed by atoms with Gasteiger partial charge in [0.2, 0.25) is 10.0 Å². The van der Waals surface area contributed by atoms with Crippen molar-refractivity contribution in [2.75, 3.05) is 5.73 Å². The van der Waals surface area contributed by atoms with E-state index in [1.165, 1.54) is 13.8 Å². The minimum atomic E-state index is -4.21. The van der Waals surface area contributed by atoms with E-state index in [0.717, 1.165) is 0 Å². The summed E-state index contributed by atoms with van der Waals surface area (Å²) in [4.78, 5) is -0.746. The summed E-state index contributed by atoms with van der Waals surface area (Å²) in [6.07, 6.45) is 5.13. The van der Waals surface area contributed by atoms with E-state index >= 15 is 0 Å². The molecule has 18 heavy (non-hydrogen) atoms. The van der Waals surface area contributed by atoms with E-state index in [1.54, 1.807) is 0 Å². The molecule has 0 aromatic heterocycles. The minimum absolute atomic E-state index is 0.409. The topological polar surface area (TPSA) is 72.2 Å². The van der Waals surface area contributed by atoms with Gasteiger partial charge in [-0.2, -0.15) is 4.72 Å². The zero-order valence-electron chi connectivity index (χ0n) is 9.79. The summed E-state index contributed by atoms with van der Waals surface area (Å²) in [6, 6.07) is 1.12. The number of anilines is 1. The van der Waals surface area contributed by atoms with E-state index in [9.17, 15) is 17.2 Å². The number of hydrogen-bond acceptors (Lipinski definition) is 3. The summed E-state index contributed by atoms with van der Waals surface area (Å²) in [6.45, 7) is 2.85. The maximum atomic E-state index is 13.4. The summed E-state index contributed by atoms with van der Waals surface area (Å²) < 4.78 is 52.2.